The number of imidazole rings is 1. The number of hydrogen-bond donors (Lipinski definition) is 0. The summed E-state index contributed by atoms with van der Waals surface area (Å²) in [4.78, 5) is 19.3. The topological polar surface area (TPSA) is 57.0 Å². The summed E-state index contributed by atoms with van der Waals surface area (Å²) in [6, 6.07) is 6.06. The highest BCUT2D eigenvalue weighted by atomic mass is 19.1. The fourth-order valence-electron chi connectivity index (χ4n) is 2.26. The van der Waals surface area contributed by atoms with Crippen LogP contribution in [0.2, 0.25) is 0 Å². The van der Waals surface area contributed by atoms with Crippen LogP contribution in [0.25, 0.3) is 16.7 Å². The van der Waals surface area contributed by atoms with Crippen molar-refractivity contribution in [2.45, 2.75) is 13.8 Å². The Morgan fingerprint density at radius 2 is 2.14 bits per heavy atom. The second-order valence-electron chi connectivity index (χ2n) is 4.57. The molecule has 21 heavy (non-hydrogen) atoms. The van der Waals surface area contributed by atoms with Crippen LogP contribution in [0.5, 0.6) is 5.75 Å². The molecular weight excluding hydrogens is 273 g/mol. The monoisotopic (exact) mass is 285 g/mol. The molecule has 0 bridgehead atoms. The van der Waals surface area contributed by atoms with Crippen LogP contribution in [0, 0.1) is 12.7 Å². The largest absolute Gasteiger partial charge is 0.427 e. The van der Waals surface area contributed by atoms with Gasteiger partial charge in [-0.05, 0) is 25.1 Å². The molecule has 2 aromatic heterocycles. The van der Waals surface area contributed by atoms with E-state index in [9.17, 15) is 9.18 Å². The molecule has 0 fully saturated rings. The highest BCUT2D eigenvalue weighted by Crippen LogP contribution is 2.25. The Labute approximate surface area is 120 Å². The minimum atomic E-state index is -0.493. The molecule has 3 rings (SSSR count). The molecule has 6 heteroatoms. The minimum Gasteiger partial charge on any atom is -0.427 e. The zero-order chi connectivity index (χ0) is 15.0. The summed E-state index contributed by atoms with van der Waals surface area (Å²) in [6.07, 6.45) is 3.26. The van der Waals surface area contributed by atoms with Gasteiger partial charge in [-0.2, -0.15) is 0 Å². The first-order chi connectivity index (χ1) is 10.1. The smallest absolute Gasteiger partial charge is 0.308 e. The maximum atomic E-state index is 14.3. The molecule has 0 unspecified atom stereocenters. The molecule has 0 spiro atoms. The third-order valence-corrected chi connectivity index (χ3v) is 3.05. The molecule has 0 radical (unpaired) electrons. The summed E-state index contributed by atoms with van der Waals surface area (Å²) >= 11 is 0. The minimum absolute atomic E-state index is 0.174. The van der Waals surface area contributed by atoms with Crippen molar-refractivity contribution >= 4 is 17.0 Å². The normalized spacial score (nSPS) is 10.8. The van der Waals surface area contributed by atoms with Crippen molar-refractivity contribution in [2.75, 3.05) is 0 Å². The number of aryl methyl sites for hydroxylation is 1. The van der Waals surface area contributed by atoms with Crippen LogP contribution in [0.15, 0.2) is 36.7 Å². The summed E-state index contributed by atoms with van der Waals surface area (Å²) in [5, 5.41) is 0. The molecule has 0 N–H and O–H groups in total. The van der Waals surface area contributed by atoms with Crippen molar-refractivity contribution < 1.29 is 13.9 Å². The number of halogens is 1. The number of aromatic nitrogens is 3. The molecule has 0 saturated heterocycles. The first-order valence-electron chi connectivity index (χ1n) is 6.33. The van der Waals surface area contributed by atoms with Gasteiger partial charge in [0.25, 0.3) is 0 Å². The Balaban J connectivity index is 2.15. The summed E-state index contributed by atoms with van der Waals surface area (Å²) in [7, 11) is 0. The summed E-state index contributed by atoms with van der Waals surface area (Å²) in [5.74, 6) is -0.157. The highest BCUT2D eigenvalue weighted by Gasteiger charge is 2.14. The number of benzene rings is 1. The van der Waals surface area contributed by atoms with Gasteiger partial charge in [0.1, 0.15) is 17.1 Å². The van der Waals surface area contributed by atoms with Gasteiger partial charge < -0.3 is 4.74 Å². The number of carbonyl (C=O) groups is 1. The van der Waals surface area contributed by atoms with Gasteiger partial charge in [0.15, 0.2) is 5.82 Å². The lowest BCUT2D eigenvalue weighted by Crippen LogP contribution is -2.04. The molecule has 0 amide bonds. The van der Waals surface area contributed by atoms with E-state index in [2.05, 4.69) is 9.97 Å². The van der Waals surface area contributed by atoms with E-state index in [4.69, 9.17) is 4.74 Å². The predicted molar refractivity (Wildman–Crippen MR) is 74.9 cm³/mol. The number of rotatable bonds is 2. The molecule has 0 atom stereocenters. The Hall–Kier alpha value is -2.76. The van der Waals surface area contributed by atoms with E-state index in [1.165, 1.54) is 13.0 Å². The Kier molecular flexibility index (Phi) is 3.13. The Morgan fingerprint density at radius 3 is 2.86 bits per heavy atom. The number of pyridine rings is 1. The number of hydrogen-bond acceptors (Lipinski definition) is 4. The van der Waals surface area contributed by atoms with Gasteiger partial charge in [-0.3, -0.25) is 14.3 Å². The van der Waals surface area contributed by atoms with Gasteiger partial charge in [-0.15, -0.1) is 0 Å². The maximum Gasteiger partial charge on any atom is 0.308 e. The van der Waals surface area contributed by atoms with Crippen LogP contribution >= 0.6 is 0 Å². The van der Waals surface area contributed by atoms with Crippen LogP contribution in [-0.2, 0) is 4.79 Å². The van der Waals surface area contributed by atoms with Crippen molar-refractivity contribution in [3.8, 4) is 11.4 Å². The van der Waals surface area contributed by atoms with Gasteiger partial charge >= 0.3 is 5.97 Å². The number of esters is 1. The van der Waals surface area contributed by atoms with E-state index in [1.54, 1.807) is 42.1 Å². The van der Waals surface area contributed by atoms with Crippen LogP contribution in [-0.4, -0.2) is 20.5 Å². The second-order valence-corrected chi connectivity index (χ2v) is 4.57. The highest BCUT2D eigenvalue weighted by molar-refractivity contribution is 5.77. The van der Waals surface area contributed by atoms with E-state index in [0.717, 1.165) is 5.52 Å². The molecule has 106 valence electrons. The third-order valence-electron chi connectivity index (χ3n) is 3.05. The van der Waals surface area contributed by atoms with Gasteiger partial charge in [0.05, 0.1) is 17.4 Å². The van der Waals surface area contributed by atoms with Crippen molar-refractivity contribution in [3.05, 3.63) is 48.3 Å². The molecule has 0 aliphatic heterocycles. The van der Waals surface area contributed by atoms with E-state index in [1.807, 2.05) is 0 Å². The first kappa shape index (κ1) is 13.2. The van der Waals surface area contributed by atoms with Crippen molar-refractivity contribution in [1.82, 2.24) is 14.5 Å². The fraction of sp³-hybridized carbons (Fsp3) is 0.133. The summed E-state index contributed by atoms with van der Waals surface area (Å²) in [5.41, 5.74) is 1.80. The maximum absolute atomic E-state index is 14.3. The molecule has 2 heterocycles. The van der Waals surface area contributed by atoms with E-state index in [0.29, 0.717) is 17.0 Å². The summed E-state index contributed by atoms with van der Waals surface area (Å²) in [6.45, 7) is 3.06. The average molecular weight is 285 g/mol. The number of carbonyl (C=O) groups excluding carboxylic acids is 1. The average Bonchev–Trinajstić information content (AvgIpc) is 2.74. The van der Waals surface area contributed by atoms with Gasteiger partial charge in [0.2, 0.25) is 0 Å². The Morgan fingerprint density at radius 1 is 1.33 bits per heavy atom. The Bertz CT molecular complexity index is 842. The first-order valence-corrected chi connectivity index (χ1v) is 6.33. The molecular formula is C15H12FN3O2. The number of fused-ring (bicyclic) bond motifs is 1. The van der Waals surface area contributed by atoms with Crippen molar-refractivity contribution in [3.63, 3.8) is 0 Å². The quantitative estimate of drug-likeness (QED) is 0.536. The molecule has 0 saturated carbocycles. The SMILES string of the molecule is CC(=O)Oc1ccc(-n2c(C)nc3cnccc32)c(F)c1. The number of ether oxygens (including phenoxy) is 1. The molecule has 3 aromatic rings. The number of nitrogens with zero attached hydrogens (tertiary/aromatic N) is 3. The zero-order valence-corrected chi connectivity index (χ0v) is 11.5. The van der Waals surface area contributed by atoms with Gasteiger partial charge in [-0.1, -0.05) is 0 Å². The third kappa shape index (κ3) is 2.35. The standard InChI is InChI=1S/C15H12FN3O2/c1-9-18-13-8-17-6-5-15(13)19(9)14-4-3-11(7-12(14)16)21-10(2)20/h3-8H,1-2H3. The lowest BCUT2D eigenvalue weighted by molar-refractivity contribution is -0.131. The zero-order valence-electron chi connectivity index (χ0n) is 11.5. The molecule has 5 nitrogen and oxygen atoms in total. The van der Waals surface area contributed by atoms with E-state index in [-0.39, 0.29) is 5.75 Å². The lowest BCUT2D eigenvalue weighted by Gasteiger charge is -2.09. The second kappa shape index (κ2) is 4.97. The fourth-order valence-corrected chi connectivity index (χ4v) is 2.26. The predicted octanol–water partition coefficient (Wildman–Crippen LogP) is 2.79. The van der Waals surface area contributed by atoms with Crippen LogP contribution in [0.4, 0.5) is 4.39 Å². The molecule has 1 aromatic carbocycles. The van der Waals surface area contributed by atoms with Gasteiger partial charge in [0, 0.05) is 19.2 Å². The molecule has 0 aliphatic carbocycles. The molecule has 0 aliphatic rings. The van der Waals surface area contributed by atoms with Crippen LogP contribution < -0.4 is 4.74 Å². The summed E-state index contributed by atoms with van der Waals surface area (Å²) < 4.78 is 20.9. The van der Waals surface area contributed by atoms with Crippen LogP contribution in [0.3, 0.4) is 0 Å². The van der Waals surface area contributed by atoms with Crippen molar-refractivity contribution in [1.29, 1.82) is 0 Å². The van der Waals surface area contributed by atoms with E-state index < -0.39 is 11.8 Å². The van der Waals surface area contributed by atoms with Crippen LogP contribution in [0.1, 0.15) is 12.7 Å². The van der Waals surface area contributed by atoms with Gasteiger partial charge in [-0.25, -0.2) is 9.37 Å². The lowest BCUT2D eigenvalue weighted by atomic mass is 10.2. The van der Waals surface area contributed by atoms with E-state index >= 15 is 0 Å². The van der Waals surface area contributed by atoms with Crippen molar-refractivity contribution in [2.24, 2.45) is 0 Å².